The van der Waals surface area contributed by atoms with Gasteiger partial charge in [0.05, 0.1) is 0 Å². The fourth-order valence-corrected chi connectivity index (χ4v) is 5.22. The predicted molar refractivity (Wildman–Crippen MR) is 123 cm³/mol. The van der Waals surface area contributed by atoms with Crippen molar-refractivity contribution in [1.29, 1.82) is 0 Å². The molecular weight excluding hydrogens is 476 g/mol. The van der Waals surface area contributed by atoms with E-state index >= 15 is 0 Å². The number of aliphatic hydroxyl groups excluding tert-OH is 1. The van der Waals surface area contributed by atoms with E-state index in [0.717, 1.165) is 33.6 Å². The number of nitrogens with zero attached hydrogens (tertiary/aromatic N) is 2. The zero-order chi connectivity index (χ0) is 26.4. The Morgan fingerprint density at radius 1 is 0.806 bits per heavy atom. The summed E-state index contributed by atoms with van der Waals surface area (Å²) in [4.78, 5) is 53.2. The lowest BCUT2D eigenvalue weighted by Gasteiger charge is -2.46. The van der Waals surface area contributed by atoms with Crippen molar-refractivity contribution in [3.05, 3.63) is 0 Å². The molecule has 0 radical (unpaired) electrons. The molecule has 1 aliphatic carbocycles. The van der Waals surface area contributed by atoms with Gasteiger partial charge in [-0.2, -0.15) is 0 Å². The third-order valence-electron chi connectivity index (χ3n) is 6.70. The Bertz CT molecular complexity index is 792. The molecule has 2 aliphatic heterocycles. The van der Waals surface area contributed by atoms with Gasteiger partial charge in [0.15, 0.2) is 18.5 Å². The van der Waals surface area contributed by atoms with E-state index in [4.69, 9.17) is 23.7 Å². The van der Waals surface area contributed by atoms with Crippen molar-refractivity contribution in [2.45, 2.75) is 103 Å². The molecule has 0 bridgehead atoms. The van der Waals surface area contributed by atoms with Crippen LogP contribution in [0.5, 0.6) is 0 Å². The molecule has 2 saturated heterocycles. The second-order valence-electron chi connectivity index (χ2n) is 9.54. The summed E-state index contributed by atoms with van der Waals surface area (Å²) in [6.07, 6.45) is -2.36. The largest absolute Gasteiger partial charge is 0.455 e. The third kappa shape index (κ3) is 7.37. The monoisotopic (exact) mass is 514 g/mol. The average molecular weight is 515 g/mol. The Morgan fingerprint density at radius 3 is 1.89 bits per heavy atom. The van der Waals surface area contributed by atoms with Crippen molar-refractivity contribution >= 4 is 23.8 Å². The molecule has 1 N–H and O–H groups in total. The van der Waals surface area contributed by atoms with Gasteiger partial charge in [-0.25, -0.2) is 0 Å². The first kappa shape index (κ1) is 28.3. The molecule has 1 unspecified atom stereocenters. The van der Waals surface area contributed by atoms with Gasteiger partial charge in [0.2, 0.25) is 12.4 Å². The number of aliphatic hydroxyl groups is 1. The maximum atomic E-state index is 13.7. The third-order valence-corrected chi connectivity index (χ3v) is 6.70. The van der Waals surface area contributed by atoms with Crippen LogP contribution < -0.4 is 0 Å². The van der Waals surface area contributed by atoms with Crippen LogP contribution in [0.4, 0.5) is 0 Å². The number of amides is 1. The summed E-state index contributed by atoms with van der Waals surface area (Å²) in [6.45, 7) is 7.07. The van der Waals surface area contributed by atoms with E-state index in [0.29, 0.717) is 32.2 Å². The summed E-state index contributed by atoms with van der Waals surface area (Å²) in [7, 11) is 0. The normalized spacial score (nSPS) is 30.8. The summed E-state index contributed by atoms with van der Waals surface area (Å²) in [6, 6.07) is 0.527. The Labute approximate surface area is 211 Å². The first-order valence-electron chi connectivity index (χ1n) is 12.6. The molecule has 1 saturated carbocycles. The molecule has 0 aromatic carbocycles. The summed E-state index contributed by atoms with van der Waals surface area (Å²) >= 11 is 0. The first-order chi connectivity index (χ1) is 17.1. The number of rotatable bonds is 7. The van der Waals surface area contributed by atoms with Crippen LogP contribution in [0, 0.1) is 0 Å². The molecule has 0 aromatic heterocycles. The molecule has 36 heavy (non-hydrogen) atoms. The van der Waals surface area contributed by atoms with E-state index in [9.17, 15) is 24.3 Å². The highest BCUT2D eigenvalue weighted by atomic mass is 16.7. The maximum Gasteiger partial charge on any atom is 0.305 e. The molecule has 3 rings (SSSR count). The Kier molecular flexibility index (Phi) is 10.1. The van der Waals surface area contributed by atoms with E-state index < -0.39 is 60.8 Å². The summed E-state index contributed by atoms with van der Waals surface area (Å²) < 4.78 is 27.3. The highest BCUT2D eigenvalue weighted by Crippen LogP contribution is 2.32. The van der Waals surface area contributed by atoms with Gasteiger partial charge in [0, 0.05) is 53.0 Å². The van der Waals surface area contributed by atoms with Gasteiger partial charge in [-0.3, -0.25) is 24.1 Å². The zero-order valence-electron chi connectivity index (χ0n) is 21.4. The van der Waals surface area contributed by atoms with Crippen molar-refractivity contribution in [3.63, 3.8) is 0 Å². The Hall–Kier alpha value is -2.28. The minimum Gasteiger partial charge on any atom is -0.455 e. The minimum atomic E-state index is -1.53. The number of carbonyl (C=O) groups excluding carboxylic acids is 4. The van der Waals surface area contributed by atoms with E-state index in [1.165, 1.54) is 26.2 Å². The van der Waals surface area contributed by atoms with Crippen LogP contribution in [0.2, 0.25) is 0 Å². The highest BCUT2D eigenvalue weighted by Gasteiger charge is 2.55. The molecule has 2 heterocycles. The minimum absolute atomic E-state index is 0.459. The predicted octanol–water partition coefficient (Wildman–Crippen LogP) is 0.338. The number of ether oxygens (including phenoxy) is 5. The zero-order valence-corrected chi connectivity index (χ0v) is 21.4. The van der Waals surface area contributed by atoms with Gasteiger partial charge in [0.25, 0.3) is 5.91 Å². The molecule has 12 heteroatoms. The number of piperazine rings is 1. The van der Waals surface area contributed by atoms with Gasteiger partial charge in [-0.05, 0) is 19.8 Å². The standard InChI is InChI=1S/C24H38N2O10/c1-14(27)32-19-20(33-15(2)28)22(34-16(3)29)24(35-17(4)30)36-21(19)23(31)26-12-10-25(11-13-26)18-8-6-5-7-9-18/h14,18-22,24,27H,5-13H2,1-4H3/t14?,19-,20-,21-,22+,24+/m0/s1. The lowest BCUT2D eigenvalue weighted by molar-refractivity contribution is -0.309. The highest BCUT2D eigenvalue weighted by molar-refractivity contribution is 5.82. The van der Waals surface area contributed by atoms with Crippen LogP contribution in [0.1, 0.15) is 59.8 Å². The Morgan fingerprint density at radius 2 is 1.36 bits per heavy atom. The molecule has 12 nitrogen and oxygen atoms in total. The molecule has 1 amide bonds. The van der Waals surface area contributed by atoms with Gasteiger partial charge < -0.3 is 33.7 Å². The second-order valence-corrected chi connectivity index (χ2v) is 9.54. The number of hydrogen-bond acceptors (Lipinski definition) is 11. The SMILES string of the molecule is CC(=O)O[C@@H]1O[C@H](C(=O)N2CCN(C3CCCCC3)CC2)[C@@H](OC(C)O)[C@H](OC(C)=O)[C@H]1OC(C)=O. The lowest BCUT2D eigenvalue weighted by Crippen LogP contribution is -2.66. The van der Waals surface area contributed by atoms with E-state index in [2.05, 4.69) is 4.90 Å². The van der Waals surface area contributed by atoms with Crippen molar-refractivity contribution in [3.8, 4) is 0 Å². The van der Waals surface area contributed by atoms with Crippen LogP contribution in [0.3, 0.4) is 0 Å². The van der Waals surface area contributed by atoms with Gasteiger partial charge in [-0.15, -0.1) is 0 Å². The van der Waals surface area contributed by atoms with Gasteiger partial charge in [-0.1, -0.05) is 19.3 Å². The van der Waals surface area contributed by atoms with Gasteiger partial charge in [0.1, 0.15) is 6.10 Å². The summed E-state index contributed by atoms with van der Waals surface area (Å²) in [5, 5.41) is 9.98. The fraction of sp³-hybridized carbons (Fsp3) is 0.833. The topological polar surface area (TPSA) is 141 Å². The lowest BCUT2D eigenvalue weighted by atomic mass is 9.93. The summed E-state index contributed by atoms with van der Waals surface area (Å²) in [5.74, 6) is -2.70. The van der Waals surface area contributed by atoms with Crippen molar-refractivity contribution < 1.29 is 48.0 Å². The quantitative estimate of drug-likeness (QED) is 0.286. The number of hydrogen-bond donors (Lipinski definition) is 1. The van der Waals surface area contributed by atoms with Crippen LogP contribution in [-0.4, -0.2) is 108 Å². The van der Waals surface area contributed by atoms with E-state index in [1.807, 2.05) is 0 Å². The van der Waals surface area contributed by atoms with Gasteiger partial charge >= 0.3 is 17.9 Å². The second kappa shape index (κ2) is 12.8. The van der Waals surface area contributed by atoms with Crippen LogP contribution in [0.25, 0.3) is 0 Å². The van der Waals surface area contributed by atoms with Crippen molar-refractivity contribution in [2.24, 2.45) is 0 Å². The molecule has 3 aliphatic rings. The molecule has 6 atom stereocenters. The fourth-order valence-electron chi connectivity index (χ4n) is 5.22. The molecule has 3 fully saturated rings. The van der Waals surface area contributed by atoms with E-state index in [-0.39, 0.29) is 0 Å². The maximum absolute atomic E-state index is 13.7. The first-order valence-corrected chi connectivity index (χ1v) is 12.6. The Balaban J connectivity index is 1.83. The smallest absolute Gasteiger partial charge is 0.305 e. The molecular formula is C24H38N2O10. The average Bonchev–Trinajstić information content (AvgIpc) is 2.81. The van der Waals surface area contributed by atoms with Crippen molar-refractivity contribution in [1.82, 2.24) is 9.80 Å². The van der Waals surface area contributed by atoms with Crippen LogP contribution in [0.15, 0.2) is 0 Å². The number of carbonyl (C=O) groups is 4. The van der Waals surface area contributed by atoms with Crippen LogP contribution in [-0.2, 0) is 42.9 Å². The van der Waals surface area contributed by atoms with Crippen LogP contribution >= 0.6 is 0 Å². The van der Waals surface area contributed by atoms with Crippen molar-refractivity contribution in [2.75, 3.05) is 26.2 Å². The number of esters is 3. The molecule has 0 spiro atoms. The molecule has 0 aromatic rings. The summed E-state index contributed by atoms with van der Waals surface area (Å²) in [5.41, 5.74) is 0. The van der Waals surface area contributed by atoms with E-state index in [1.54, 1.807) is 4.90 Å². The molecule has 204 valence electrons.